The van der Waals surface area contributed by atoms with Crippen LogP contribution in [0.1, 0.15) is 54.9 Å². The van der Waals surface area contributed by atoms with Gasteiger partial charge in [0.1, 0.15) is 5.01 Å². The first-order valence-electron chi connectivity index (χ1n) is 8.74. The highest BCUT2D eigenvalue weighted by atomic mass is 32.2. The SMILES string of the molecule is CC(C)c1ccc(S(=O)(=O)NCCc2nn3c(C4CC4)nnc3s2)cc1. The molecule has 0 atom stereocenters. The lowest BCUT2D eigenvalue weighted by Crippen LogP contribution is -2.26. The Labute approximate surface area is 156 Å². The Morgan fingerprint density at radius 1 is 1.23 bits per heavy atom. The maximum absolute atomic E-state index is 12.4. The molecule has 0 bridgehead atoms. The third kappa shape index (κ3) is 3.51. The Morgan fingerprint density at radius 3 is 2.62 bits per heavy atom. The molecular weight excluding hydrogens is 370 g/mol. The molecule has 138 valence electrons. The number of fused-ring (bicyclic) bond motifs is 1. The fourth-order valence-corrected chi connectivity index (χ4v) is 4.65. The lowest BCUT2D eigenvalue weighted by Gasteiger charge is -2.08. The van der Waals surface area contributed by atoms with Crippen LogP contribution in [0.5, 0.6) is 0 Å². The van der Waals surface area contributed by atoms with E-state index in [1.807, 2.05) is 12.1 Å². The predicted octanol–water partition coefficient (Wildman–Crippen LogP) is 2.71. The number of sulfonamides is 1. The molecule has 9 heteroatoms. The van der Waals surface area contributed by atoms with Crippen LogP contribution in [0.15, 0.2) is 29.2 Å². The molecule has 0 amide bonds. The van der Waals surface area contributed by atoms with E-state index >= 15 is 0 Å². The molecular formula is C17H21N5O2S2. The molecule has 0 saturated heterocycles. The van der Waals surface area contributed by atoms with Crippen LogP contribution in [-0.4, -0.2) is 34.8 Å². The summed E-state index contributed by atoms with van der Waals surface area (Å²) in [5.74, 6) is 1.78. The fourth-order valence-electron chi connectivity index (χ4n) is 2.78. The van der Waals surface area contributed by atoms with E-state index in [0.29, 0.717) is 24.8 Å². The van der Waals surface area contributed by atoms with Gasteiger partial charge < -0.3 is 0 Å². The average molecular weight is 392 g/mol. The van der Waals surface area contributed by atoms with Crippen LogP contribution in [-0.2, 0) is 16.4 Å². The van der Waals surface area contributed by atoms with Crippen molar-refractivity contribution in [3.05, 3.63) is 40.7 Å². The Hall–Kier alpha value is -1.84. The second-order valence-electron chi connectivity index (χ2n) is 6.89. The number of nitrogens with one attached hydrogen (secondary N) is 1. The summed E-state index contributed by atoms with van der Waals surface area (Å²) < 4.78 is 29.3. The van der Waals surface area contributed by atoms with Crippen molar-refractivity contribution in [1.82, 2.24) is 24.5 Å². The van der Waals surface area contributed by atoms with Crippen molar-refractivity contribution in [2.24, 2.45) is 0 Å². The Balaban J connectivity index is 1.40. The summed E-state index contributed by atoms with van der Waals surface area (Å²) in [5, 5.41) is 13.7. The molecule has 1 saturated carbocycles. The normalized spacial score (nSPS) is 15.2. The monoisotopic (exact) mass is 391 g/mol. The van der Waals surface area contributed by atoms with Crippen molar-refractivity contribution in [2.75, 3.05) is 6.54 Å². The van der Waals surface area contributed by atoms with Gasteiger partial charge in [0.25, 0.3) is 0 Å². The van der Waals surface area contributed by atoms with Crippen LogP contribution >= 0.6 is 11.3 Å². The summed E-state index contributed by atoms with van der Waals surface area (Å²) in [6.45, 7) is 4.46. The lowest BCUT2D eigenvalue weighted by atomic mass is 10.0. The first-order valence-corrected chi connectivity index (χ1v) is 11.0. The van der Waals surface area contributed by atoms with Crippen LogP contribution < -0.4 is 4.72 Å². The van der Waals surface area contributed by atoms with Crippen molar-refractivity contribution in [3.63, 3.8) is 0 Å². The highest BCUT2D eigenvalue weighted by Gasteiger charge is 2.30. The number of hydrogen-bond donors (Lipinski definition) is 1. The second kappa shape index (κ2) is 6.71. The van der Waals surface area contributed by atoms with Gasteiger partial charge in [-0.3, -0.25) is 0 Å². The van der Waals surface area contributed by atoms with E-state index in [2.05, 4.69) is 33.9 Å². The summed E-state index contributed by atoms with van der Waals surface area (Å²) in [7, 11) is -3.51. The molecule has 2 heterocycles. The molecule has 0 unspecified atom stereocenters. The van der Waals surface area contributed by atoms with Gasteiger partial charge in [-0.25, -0.2) is 13.1 Å². The van der Waals surface area contributed by atoms with Gasteiger partial charge in [-0.05, 0) is 36.5 Å². The molecule has 1 fully saturated rings. The molecule has 0 radical (unpaired) electrons. The Morgan fingerprint density at radius 2 is 1.96 bits per heavy atom. The molecule has 1 aromatic carbocycles. The highest BCUT2D eigenvalue weighted by Crippen LogP contribution is 2.39. The van der Waals surface area contributed by atoms with E-state index < -0.39 is 10.0 Å². The molecule has 1 aliphatic carbocycles. The van der Waals surface area contributed by atoms with E-state index in [1.54, 1.807) is 16.6 Å². The van der Waals surface area contributed by atoms with Crippen LogP contribution in [0.3, 0.4) is 0 Å². The minimum atomic E-state index is -3.51. The van der Waals surface area contributed by atoms with E-state index in [9.17, 15) is 8.42 Å². The van der Waals surface area contributed by atoms with Crippen LogP contribution in [0.25, 0.3) is 4.96 Å². The summed E-state index contributed by atoms with van der Waals surface area (Å²) in [6, 6.07) is 7.04. The molecule has 26 heavy (non-hydrogen) atoms. The largest absolute Gasteiger partial charge is 0.240 e. The molecule has 2 aromatic heterocycles. The number of nitrogens with zero attached hydrogens (tertiary/aromatic N) is 4. The van der Waals surface area contributed by atoms with Crippen LogP contribution in [0.2, 0.25) is 0 Å². The van der Waals surface area contributed by atoms with Gasteiger partial charge >= 0.3 is 0 Å². The van der Waals surface area contributed by atoms with Gasteiger partial charge in [0, 0.05) is 18.9 Å². The van der Waals surface area contributed by atoms with Crippen molar-refractivity contribution in [2.45, 2.75) is 49.8 Å². The van der Waals surface area contributed by atoms with Gasteiger partial charge in [-0.2, -0.15) is 9.61 Å². The number of aromatic nitrogens is 4. The molecule has 0 spiro atoms. The van der Waals surface area contributed by atoms with Gasteiger partial charge in [0.05, 0.1) is 4.90 Å². The zero-order chi connectivity index (χ0) is 18.3. The third-order valence-corrected chi connectivity index (χ3v) is 6.92. The smallest absolute Gasteiger partial charge is 0.211 e. The zero-order valence-corrected chi connectivity index (χ0v) is 16.3. The predicted molar refractivity (Wildman–Crippen MR) is 100 cm³/mol. The number of hydrogen-bond acceptors (Lipinski definition) is 6. The van der Waals surface area contributed by atoms with Gasteiger partial charge in [-0.15, -0.1) is 10.2 Å². The van der Waals surface area contributed by atoms with E-state index in [0.717, 1.165) is 34.2 Å². The first kappa shape index (κ1) is 17.6. The average Bonchev–Trinajstić information content (AvgIpc) is 3.25. The minimum Gasteiger partial charge on any atom is -0.211 e. The molecule has 4 rings (SSSR count). The summed E-state index contributed by atoms with van der Waals surface area (Å²) in [6.07, 6.45) is 2.81. The lowest BCUT2D eigenvalue weighted by molar-refractivity contribution is 0.581. The number of benzene rings is 1. The van der Waals surface area contributed by atoms with Gasteiger partial charge in [0.15, 0.2) is 5.82 Å². The number of rotatable bonds is 7. The second-order valence-corrected chi connectivity index (χ2v) is 9.70. The van der Waals surface area contributed by atoms with Gasteiger partial charge in [-0.1, -0.05) is 37.3 Å². The van der Waals surface area contributed by atoms with Crippen molar-refractivity contribution in [3.8, 4) is 0 Å². The van der Waals surface area contributed by atoms with Crippen molar-refractivity contribution < 1.29 is 8.42 Å². The molecule has 0 aliphatic heterocycles. The zero-order valence-electron chi connectivity index (χ0n) is 14.7. The fraction of sp³-hybridized carbons (Fsp3) is 0.471. The van der Waals surface area contributed by atoms with Crippen LogP contribution in [0, 0.1) is 0 Å². The van der Waals surface area contributed by atoms with Gasteiger partial charge in [0.2, 0.25) is 15.0 Å². The quantitative estimate of drug-likeness (QED) is 0.669. The maximum Gasteiger partial charge on any atom is 0.240 e. The van der Waals surface area contributed by atoms with Crippen molar-refractivity contribution in [1.29, 1.82) is 0 Å². The Bertz CT molecular complexity index is 1020. The highest BCUT2D eigenvalue weighted by molar-refractivity contribution is 7.89. The van der Waals surface area contributed by atoms with E-state index in [-0.39, 0.29) is 4.90 Å². The minimum absolute atomic E-state index is 0.288. The molecule has 1 aliphatic rings. The molecule has 3 aromatic rings. The summed E-state index contributed by atoms with van der Waals surface area (Å²) >= 11 is 1.46. The van der Waals surface area contributed by atoms with Crippen molar-refractivity contribution >= 4 is 26.3 Å². The standard InChI is InChI=1S/C17H21N5O2S2/c1-11(2)12-5-7-14(8-6-12)26(23,24)18-10-9-15-21-22-16(13-3-4-13)19-20-17(22)25-15/h5-8,11,13,18H,3-4,9-10H2,1-2H3. The van der Waals surface area contributed by atoms with E-state index in [1.165, 1.54) is 11.3 Å². The van der Waals surface area contributed by atoms with Crippen LogP contribution in [0.4, 0.5) is 0 Å². The van der Waals surface area contributed by atoms with E-state index in [4.69, 9.17) is 0 Å². The Kier molecular flexibility index (Phi) is 4.54. The third-order valence-electron chi connectivity index (χ3n) is 4.49. The molecule has 7 nitrogen and oxygen atoms in total. The molecule has 1 N–H and O–H groups in total. The maximum atomic E-state index is 12.4. The topological polar surface area (TPSA) is 89.2 Å². The summed E-state index contributed by atoms with van der Waals surface area (Å²) in [4.78, 5) is 1.06. The summed E-state index contributed by atoms with van der Waals surface area (Å²) in [5.41, 5.74) is 1.12. The first-order chi connectivity index (χ1) is 12.4.